The zero-order valence-corrected chi connectivity index (χ0v) is 18.4. The van der Waals surface area contributed by atoms with Crippen molar-refractivity contribution in [3.05, 3.63) is 82.6 Å². The number of nitrogens with zero attached hydrogens (tertiary/aromatic N) is 1. The maximum atomic E-state index is 13.0. The van der Waals surface area contributed by atoms with Gasteiger partial charge in [0.1, 0.15) is 6.10 Å². The molecule has 2 atom stereocenters. The number of hydrogen-bond donors (Lipinski definition) is 1. The third-order valence-electron chi connectivity index (χ3n) is 5.09. The molecule has 0 spiro atoms. The second-order valence-electron chi connectivity index (χ2n) is 7.10. The van der Waals surface area contributed by atoms with Crippen molar-refractivity contribution >= 4 is 23.3 Å². The van der Waals surface area contributed by atoms with Gasteiger partial charge in [-0.1, -0.05) is 29.8 Å². The van der Waals surface area contributed by atoms with E-state index in [4.69, 9.17) is 31.5 Å². The van der Waals surface area contributed by atoms with Crippen LogP contribution in [0.3, 0.4) is 0 Å². The van der Waals surface area contributed by atoms with Gasteiger partial charge in [-0.2, -0.15) is 0 Å². The van der Waals surface area contributed by atoms with Crippen LogP contribution in [0.2, 0.25) is 5.02 Å². The Morgan fingerprint density at radius 1 is 1.03 bits per heavy atom. The van der Waals surface area contributed by atoms with Gasteiger partial charge in [0, 0.05) is 24.5 Å². The fourth-order valence-corrected chi connectivity index (χ4v) is 3.41. The molecule has 0 amide bonds. The van der Waals surface area contributed by atoms with E-state index in [0.29, 0.717) is 28.6 Å². The second-order valence-corrected chi connectivity index (χ2v) is 7.51. The standard InChI is InChI=1S/C24H25ClN2O4/c1-15(16-4-7-19(26)8-5-16)24(28)31-22(12-17-10-11-27-14-20(17)25)18-6-9-21(29-2)23(13-18)30-3/h4-11,13-15,22H,12,26H2,1-3H3. The lowest BCUT2D eigenvalue weighted by molar-refractivity contribution is -0.150. The number of halogens is 1. The van der Waals surface area contributed by atoms with Crippen LogP contribution in [0.4, 0.5) is 5.69 Å². The van der Waals surface area contributed by atoms with Gasteiger partial charge in [-0.3, -0.25) is 9.78 Å². The van der Waals surface area contributed by atoms with E-state index >= 15 is 0 Å². The highest BCUT2D eigenvalue weighted by atomic mass is 35.5. The number of pyridine rings is 1. The van der Waals surface area contributed by atoms with Crippen molar-refractivity contribution in [1.29, 1.82) is 0 Å². The molecule has 6 nitrogen and oxygen atoms in total. The number of rotatable bonds is 8. The molecule has 3 rings (SSSR count). The first-order valence-corrected chi connectivity index (χ1v) is 10.2. The first-order chi connectivity index (χ1) is 14.9. The predicted octanol–water partition coefficient (Wildman–Crippen LogP) is 4.97. The Morgan fingerprint density at radius 3 is 2.35 bits per heavy atom. The Morgan fingerprint density at radius 2 is 1.71 bits per heavy atom. The van der Waals surface area contributed by atoms with E-state index in [9.17, 15) is 4.79 Å². The maximum Gasteiger partial charge on any atom is 0.313 e. The zero-order chi connectivity index (χ0) is 22.4. The molecule has 2 N–H and O–H groups in total. The SMILES string of the molecule is COc1ccc(C(Cc2ccncc2Cl)OC(=O)C(C)c2ccc(N)cc2)cc1OC. The van der Waals surface area contributed by atoms with Crippen LogP contribution in [-0.2, 0) is 16.0 Å². The van der Waals surface area contributed by atoms with Gasteiger partial charge in [-0.15, -0.1) is 0 Å². The van der Waals surface area contributed by atoms with Crippen molar-refractivity contribution in [1.82, 2.24) is 4.98 Å². The second kappa shape index (κ2) is 10.2. The number of nitrogen functional groups attached to an aromatic ring is 1. The summed E-state index contributed by atoms with van der Waals surface area (Å²) in [7, 11) is 3.13. The minimum atomic E-state index is -0.580. The molecule has 0 aliphatic heterocycles. The lowest BCUT2D eigenvalue weighted by Crippen LogP contribution is -2.19. The molecule has 0 bridgehead atoms. The van der Waals surface area contributed by atoms with Crippen LogP contribution in [0.25, 0.3) is 0 Å². The number of esters is 1. The molecule has 162 valence electrons. The summed E-state index contributed by atoms with van der Waals surface area (Å²) in [4.78, 5) is 17.0. The molecule has 0 aliphatic carbocycles. The van der Waals surface area contributed by atoms with E-state index in [1.165, 1.54) is 0 Å². The number of benzene rings is 2. The molecule has 3 aromatic rings. The molecule has 1 aromatic heterocycles. The fourth-order valence-electron chi connectivity index (χ4n) is 3.21. The van der Waals surface area contributed by atoms with Crippen molar-refractivity contribution in [2.45, 2.75) is 25.4 Å². The Labute approximate surface area is 186 Å². The van der Waals surface area contributed by atoms with E-state index in [-0.39, 0.29) is 5.97 Å². The quantitative estimate of drug-likeness (QED) is 0.393. The van der Waals surface area contributed by atoms with E-state index in [0.717, 1.165) is 16.7 Å². The van der Waals surface area contributed by atoms with Crippen LogP contribution in [0.1, 0.15) is 35.6 Å². The highest BCUT2D eigenvalue weighted by Crippen LogP contribution is 2.34. The third-order valence-corrected chi connectivity index (χ3v) is 5.43. The number of carbonyl (C=O) groups is 1. The van der Waals surface area contributed by atoms with Crippen molar-refractivity contribution in [2.75, 3.05) is 20.0 Å². The van der Waals surface area contributed by atoms with Gasteiger partial charge in [0.15, 0.2) is 11.5 Å². The van der Waals surface area contributed by atoms with E-state index < -0.39 is 12.0 Å². The average molecular weight is 441 g/mol. The van der Waals surface area contributed by atoms with Crippen molar-refractivity contribution in [3.8, 4) is 11.5 Å². The number of ether oxygens (including phenoxy) is 3. The van der Waals surface area contributed by atoms with E-state index in [2.05, 4.69) is 4.98 Å². The number of carbonyl (C=O) groups excluding carboxylic acids is 1. The normalized spacial score (nSPS) is 12.6. The smallest absolute Gasteiger partial charge is 0.313 e. The van der Waals surface area contributed by atoms with Crippen molar-refractivity contribution in [2.24, 2.45) is 0 Å². The highest BCUT2D eigenvalue weighted by Gasteiger charge is 2.24. The molecule has 0 fully saturated rings. The summed E-state index contributed by atoms with van der Waals surface area (Å²) >= 11 is 6.31. The number of aromatic nitrogens is 1. The first kappa shape index (κ1) is 22.4. The lowest BCUT2D eigenvalue weighted by atomic mass is 9.99. The van der Waals surface area contributed by atoms with Crippen molar-refractivity contribution in [3.63, 3.8) is 0 Å². The highest BCUT2D eigenvalue weighted by molar-refractivity contribution is 6.31. The zero-order valence-electron chi connectivity index (χ0n) is 17.7. The maximum absolute atomic E-state index is 13.0. The van der Waals surface area contributed by atoms with Crippen LogP contribution in [0.5, 0.6) is 11.5 Å². The number of anilines is 1. The number of nitrogens with two attached hydrogens (primary N) is 1. The summed E-state index contributed by atoms with van der Waals surface area (Å²) in [6.45, 7) is 1.80. The van der Waals surface area contributed by atoms with Gasteiger partial charge in [0.25, 0.3) is 0 Å². The topological polar surface area (TPSA) is 83.7 Å². The predicted molar refractivity (Wildman–Crippen MR) is 121 cm³/mol. The minimum absolute atomic E-state index is 0.352. The summed E-state index contributed by atoms with van der Waals surface area (Å²) < 4.78 is 16.7. The molecule has 2 unspecified atom stereocenters. The van der Waals surface area contributed by atoms with Gasteiger partial charge in [0.2, 0.25) is 0 Å². The number of hydrogen-bond acceptors (Lipinski definition) is 6. The fraction of sp³-hybridized carbons (Fsp3) is 0.250. The van der Waals surface area contributed by atoms with Gasteiger partial charge in [-0.05, 0) is 53.9 Å². The van der Waals surface area contributed by atoms with Gasteiger partial charge < -0.3 is 19.9 Å². The van der Waals surface area contributed by atoms with Crippen LogP contribution in [0, 0.1) is 0 Å². The molecular weight excluding hydrogens is 416 g/mol. The van der Waals surface area contributed by atoms with E-state index in [1.807, 2.05) is 24.3 Å². The van der Waals surface area contributed by atoms with Crippen LogP contribution >= 0.6 is 11.6 Å². The molecule has 0 radical (unpaired) electrons. The molecule has 0 saturated carbocycles. The molecule has 7 heteroatoms. The van der Waals surface area contributed by atoms with Crippen LogP contribution in [-0.4, -0.2) is 25.2 Å². The summed E-state index contributed by atoms with van der Waals surface area (Å²) in [5.74, 6) is 0.327. The largest absolute Gasteiger partial charge is 0.493 e. The number of methoxy groups -OCH3 is 2. The van der Waals surface area contributed by atoms with Gasteiger partial charge >= 0.3 is 5.97 Å². The summed E-state index contributed by atoms with van der Waals surface area (Å²) in [6.07, 6.45) is 3.04. The van der Waals surface area contributed by atoms with Gasteiger partial charge in [0.05, 0.1) is 25.2 Å². The first-order valence-electron chi connectivity index (χ1n) is 9.79. The molecule has 31 heavy (non-hydrogen) atoms. The Hall–Kier alpha value is -3.25. The Balaban J connectivity index is 1.91. The summed E-state index contributed by atoms with van der Waals surface area (Å²) in [5, 5.41) is 0.510. The lowest BCUT2D eigenvalue weighted by Gasteiger charge is -2.22. The summed E-state index contributed by atoms with van der Waals surface area (Å²) in [6, 6.07) is 14.4. The molecule has 1 heterocycles. The van der Waals surface area contributed by atoms with E-state index in [1.54, 1.807) is 57.8 Å². The monoisotopic (exact) mass is 440 g/mol. The third kappa shape index (κ3) is 5.47. The van der Waals surface area contributed by atoms with Crippen LogP contribution < -0.4 is 15.2 Å². The average Bonchev–Trinajstić information content (AvgIpc) is 2.79. The molecule has 2 aromatic carbocycles. The Kier molecular flexibility index (Phi) is 7.36. The van der Waals surface area contributed by atoms with Crippen LogP contribution in [0.15, 0.2) is 60.9 Å². The minimum Gasteiger partial charge on any atom is -0.493 e. The molecular formula is C24H25ClN2O4. The summed E-state index contributed by atoms with van der Waals surface area (Å²) in [5.41, 5.74) is 8.81. The van der Waals surface area contributed by atoms with Gasteiger partial charge in [-0.25, -0.2) is 0 Å². The van der Waals surface area contributed by atoms with Crippen molar-refractivity contribution < 1.29 is 19.0 Å². The molecule has 0 saturated heterocycles. The molecule has 0 aliphatic rings. The Bertz CT molecular complexity index is 1040.